The molecule has 1 fully saturated rings. The first-order valence-corrected chi connectivity index (χ1v) is 7.01. The van der Waals surface area contributed by atoms with E-state index in [1.165, 1.54) is 6.20 Å². The average Bonchev–Trinajstić information content (AvgIpc) is 2.87. The van der Waals surface area contributed by atoms with Crippen LogP contribution in [0, 0.1) is 0 Å². The molecule has 1 atom stereocenters. The molecule has 0 aromatic carbocycles. The molecule has 0 aliphatic carbocycles. The molecule has 1 amide bonds. The minimum absolute atomic E-state index is 0.177. The Hall–Kier alpha value is -1.43. The highest BCUT2D eigenvalue weighted by molar-refractivity contribution is 9.10. The summed E-state index contributed by atoms with van der Waals surface area (Å²) in [6.07, 6.45) is 4.60. The molecule has 0 spiro atoms. The predicted molar refractivity (Wildman–Crippen MR) is 72.6 cm³/mol. The zero-order valence-electron chi connectivity index (χ0n) is 10.6. The van der Waals surface area contributed by atoms with Crippen molar-refractivity contribution in [2.45, 2.75) is 25.8 Å². The Labute approximate surface area is 120 Å². The Balaban J connectivity index is 2.16. The van der Waals surface area contributed by atoms with E-state index in [-0.39, 0.29) is 11.9 Å². The van der Waals surface area contributed by atoms with E-state index in [0.29, 0.717) is 25.1 Å². The number of aromatic nitrogens is 1. The van der Waals surface area contributed by atoms with Gasteiger partial charge in [0.1, 0.15) is 6.04 Å². The number of nitrogens with zero attached hydrogens (tertiary/aromatic N) is 2. The predicted octanol–water partition coefficient (Wildman–Crippen LogP) is 2.01. The van der Waals surface area contributed by atoms with E-state index in [1.807, 2.05) is 0 Å². The summed E-state index contributed by atoms with van der Waals surface area (Å²) in [4.78, 5) is 29.7. The Kier molecular flexibility index (Phi) is 4.52. The monoisotopic (exact) mass is 326 g/mol. The highest BCUT2D eigenvalue weighted by Crippen LogP contribution is 2.22. The summed E-state index contributed by atoms with van der Waals surface area (Å²) >= 11 is 3.28. The molecule has 1 aliphatic rings. The van der Waals surface area contributed by atoms with Gasteiger partial charge in [0, 0.05) is 23.4 Å². The zero-order valence-corrected chi connectivity index (χ0v) is 12.2. The van der Waals surface area contributed by atoms with Gasteiger partial charge in [0.25, 0.3) is 5.91 Å². The van der Waals surface area contributed by atoms with Gasteiger partial charge in [-0.05, 0) is 41.8 Å². The van der Waals surface area contributed by atoms with Crippen LogP contribution in [0.15, 0.2) is 22.9 Å². The second-order valence-electron chi connectivity index (χ2n) is 4.30. The van der Waals surface area contributed by atoms with Gasteiger partial charge in [-0.2, -0.15) is 0 Å². The van der Waals surface area contributed by atoms with Crippen molar-refractivity contribution < 1.29 is 14.3 Å². The van der Waals surface area contributed by atoms with Crippen molar-refractivity contribution in [3.05, 3.63) is 28.5 Å². The fourth-order valence-electron chi connectivity index (χ4n) is 2.19. The second kappa shape index (κ2) is 6.14. The van der Waals surface area contributed by atoms with Gasteiger partial charge in [0.15, 0.2) is 0 Å². The summed E-state index contributed by atoms with van der Waals surface area (Å²) in [5.41, 5.74) is 0.477. The van der Waals surface area contributed by atoms with E-state index in [4.69, 9.17) is 4.74 Å². The Bertz CT molecular complexity index is 493. The van der Waals surface area contributed by atoms with Crippen molar-refractivity contribution in [3.63, 3.8) is 0 Å². The minimum Gasteiger partial charge on any atom is -0.464 e. The molecule has 2 rings (SSSR count). The first-order chi connectivity index (χ1) is 9.13. The third-order valence-electron chi connectivity index (χ3n) is 3.02. The summed E-state index contributed by atoms with van der Waals surface area (Å²) in [7, 11) is 0. The van der Waals surface area contributed by atoms with Gasteiger partial charge < -0.3 is 9.64 Å². The van der Waals surface area contributed by atoms with E-state index in [1.54, 1.807) is 24.1 Å². The number of pyridine rings is 1. The smallest absolute Gasteiger partial charge is 0.328 e. The van der Waals surface area contributed by atoms with Crippen LogP contribution < -0.4 is 0 Å². The molecule has 102 valence electrons. The molecule has 5 nitrogen and oxygen atoms in total. The first kappa shape index (κ1) is 14.0. The van der Waals surface area contributed by atoms with Gasteiger partial charge in [-0.3, -0.25) is 9.78 Å². The second-order valence-corrected chi connectivity index (χ2v) is 5.22. The standard InChI is InChI=1S/C13H15BrN2O3/c1-2-19-13(18)11-4-3-5-16(11)12(17)9-6-10(14)8-15-7-9/h6-8,11H,2-5H2,1H3. The summed E-state index contributed by atoms with van der Waals surface area (Å²) in [5.74, 6) is -0.499. The van der Waals surface area contributed by atoms with Crippen molar-refractivity contribution in [2.24, 2.45) is 0 Å². The molecule has 1 aliphatic heterocycles. The molecule has 1 unspecified atom stereocenters. The molecule has 2 heterocycles. The molecule has 6 heteroatoms. The summed E-state index contributed by atoms with van der Waals surface area (Å²) < 4.78 is 5.75. The lowest BCUT2D eigenvalue weighted by atomic mass is 10.2. The zero-order chi connectivity index (χ0) is 13.8. The Morgan fingerprint density at radius 3 is 3.00 bits per heavy atom. The molecule has 0 radical (unpaired) electrons. The van der Waals surface area contributed by atoms with Crippen LogP contribution in [0.3, 0.4) is 0 Å². The fourth-order valence-corrected chi connectivity index (χ4v) is 2.55. The molecule has 0 saturated carbocycles. The van der Waals surface area contributed by atoms with Crippen LogP contribution in [-0.4, -0.2) is 41.0 Å². The van der Waals surface area contributed by atoms with Crippen molar-refractivity contribution >= 4 is 27.8 Å². The number of esters is 1. The lowest BCUT2D eigenvalue weighted by Gasteiger charge is -2.23. The van der Waals surface area contributed by atoms with Crippen molar-refractivity contribution in [1.29, 1.82) is 0 Å². The molecule has 1 aromatic rings. The van der Waals surface area contributed by atoms with Crippen molar-refractivity contribution in [1.82, 2.24) is 9.88 Å². The van der Waals surface area contributed by atoms with Crippen LogP contribution in [0.25, 0.3) is 0 Å². The maximum atomic E-state index is 12.4. The molecular formula is C13H15BrN2O3. The number of hydrogen-bond donors (Lipinski definition) is 0. The van der Waals surface area contributed by atoms with Gasteiger partial charge >= 0.3 is 5.97 Å². The quantitative estimate of drug-likeness (QED) is 0.797. The van der Waals surface area contributed by atoms with Crippen LogP contribution in [0.5, 0.6) is 0 Å². The number of hydrogen-bond acceptors (Lipinski definition) is 4. The van der Waals surface area contributed by atoms with E-state index in [2.05, 4.69) is 20.9 Å². The van der Waals surface area contributed by atoms with Crippen LogP contribution in [0.4, 0.5) is 0 Å². The van der Waals surface area contributed by atoms with E-state index < -0.39 is 6.04 Å². The number of ether oxygens (including phenoxy) is 1. The highest BCUT2D eigenvalue weighted by atomic mass is 79.9. The number of rotatable bonds is 3. The van der Waals surface area contributed by atoms with Crippen molar-refractivity contribution in [3.8, 4) is 0 Å². The normalized spacial score (nSPS) is 18.4. The van der Waals surface area contributed by atoms with Crippen LogP contribution in [-0.2, 0) is 9.53 Å². The third kappa shape index (κ3) is 3.12. The lowest BCUT2D eigenvalue weighted by molar-refractivity contribution is -0.147. The van der Waals surface area contributed by atoms with Crippen molar-refractivity contribution in [2.75, 3.05) is 13.2 Å². The molecule has 0 N–H and O–H groups in total. The highest BCUT2D eigenvalue weighted by Gasteiger charge is 2.35. The molecular weight excluding hydrogens is 312 g/mol. The van der Waals surface area contributed by atoms with Gasteiger partial charge in [0.2, 0.25) is 0 Å². The van der Waals surface area contributed by atoms with Gasteiger partial charge in [-0.1, -0.05) is 0 Å². The summed E-state index contributed by atoms with van der Waals surface area (Å²) in [6.45, 7) is 2.67. The maximum absolute atomic E-state index is 12.4. The van der Waals surface area contributed by atoms with Gasteiger partial charge in [-0.15, -0.1) is 0 Å². The van der Waals surface area contributed by atoms with E-state index in [9.17, 15) is 9.59 Å². The Morgan fingerprint density at radius 1 is 1.53 bits per heavy atom. The number of carbonyl (C=O) groups excluding carboxylic acids is 2. The SMILES string of the molecule is CCOC(=O)C1CCCN1C(=O)c1cncc(Br)c1. The summed E-state index contributed by atoms with van der Waals surface area (Å²) in [6, 6.07) is 1.24. The van der Waals surface area contributed by atoms with E-state index >= 15 is 0 Å². The van der Waals surface area contributed by atoms with Crippen LogP contribution in [0.1, 0.15) is 30.1 Å². The number of likely N-dealkylation sites (tertiary alicyclic amines) is 1. The molecule has 0 bridgehead atoms. The largest absolute Gasteiger partial charge is 0.464 e. The molecule has 19 heavy (non-hydrogen) atoms. The minimum atomic E-state index is -0.466. The van der Waals surface area contributed by atoms with Gasteiger partial charge in [0.05, 0.1) is 12.2 Å². The Morgan fingerprint density at radius 2 is 2.32 bits per heavy atom. The van der Waals surface area contributed by atoms with Gasteiger partial charge in [-0.25, -0.2) is 4.79 Å². The third-order valence-corrected chi connectivity index (χ3v) is 3.46. The van der Waals surface area contributed by atoms with Crippen LogP contribution >= 0.6 is 15.9 Å². The van der Waals surface area contributed by atoms with Crippen LogP contribution in [0.2, 0.25) is 0 Å². The maximum Gasteiger partial charge on any atom is 0.328 e. The lowest BCUT2D eigenvalue weighted by Crippen LogP contribution is -2.41. The average molecular weight is 327 g/mol. The first-order valence-electron chi connectivity index (χ1n) is 6.21. The summed E-state index contributed by atoms with van der Waals surface area (Å²) in [5, 5.41) is 0. The number of halogens is 1. The fraction of sp³-hybridized carbons (Fsp3) is 0.462. The van der Waals surface area contributed by atoms with E-state index in [0.717, 1.165) is 10.9 Å². The number of carbonyl (C=O) groups is 2. The topological polar surface area (TPSA) is 59.5 Å². The molecule has 1 aromatic heterocycles. The molecule has 1 saturated heterocycles. The number of amides is 1.